The molecule has 2 N–H and O–H groups in total. The molecular formula is C12H12FN3O4S. The van der Waals surface area contributed by atoms with E-state index in [1.54, 1.807) is 0 Å². The van der Waals surface area contributed by atoms with Crippen molar-refractivity contribution in [1.82, 2.24) is 15.5 Å². The topological polar surface area (TPSA) is 105 Å². The van der Waals surface area contributed by atoms with E-state index in [4.69, 9.17) is 9.63 Å². The molecule has 112 valence electrons. The zero-order chi connectivity index (χ0) is 15.2. The van der Waals surface area contributed by atoms with E-state index >= 15 is 0 Å². The summed E-state index contributed by atoms with van der Waals surface area (Å²) in [5.74, 6) is -1.30. The highest BCUT2D eigenvalue weighted by molar-refractivity contribution is 7.13. The quantitative estimate of drug-likeness (QED) is 0.797. The monoisotopic (exact) mass is 313 g/mol. The van der Waals surface area contributed by atoms with Crippen molar-refractivity contribution >= 4 is 23.2 Å². The van der Waals surface area contributed by atoms with Crippen molar-refractivity contribution in [2.24, 2.45) is 0 Å². The smallest absolute Gasteiger partial charge is 0.328 e. The average molecular weight is 313 g/mol. The SMILES string of the molecule is O=C(CCc1nc(-c2cccs2)no1)NC(CF)C(=O)O. The van der Waals surface area contributed by atoms with Crippen molar-refractivity contribution < 1.29 is 23.6 Å². The highest BCUT2D eigenvalue weighted by atomic mass is 32.1. The standard InChI is InChI=1S/C12H12FN3O4S/c13-6-7(12(18)19)14-9(17)3-4-10-15-11(16-20-10)8-2-1-5-21-8/h1-2,5,7H,3-4,6H2,(H,14,17)(H,18,19). The molecule has 0 radical (unpaired) electrons. The van der Waals surface area contributed by atoms with Crippen molar-refractivity contribution in [3.8, 4) is 10.7 Å². The van der Waals surface area contributed by atoms with Gasteiger partial charge in [0.05, 0.1) is 4.88 Å². The highest BCUT2D eigenvalue weighted by Crippen LogP contribution is 2.21. The molecule has 7 nitrogen and oxygen atoms in total. The molecule has 0 saturated heterocycles. The van der Waals surface area contributed by atoms with Gasteiger partial charge in [0.2, 0.25) is 17.6 Å². The molecule has 2 aromatic heterocycles. The average Bonchev–Trinajstić information content (AvgIpc) is 3.12. The van der Waals surface area contributed by atoms with Crippen LogP contribution >= 0.6 is 11.3 Å². The third-order valence-electron chi connectivity index (χ3n) is 2.56. The number of hydrogen-bond acceptors (Lipinski definition) is 6. The number of thiophene rings is 1. The summed E-state index contributed by atoms with van der Waals surface area (Å²) in [5, 5.41) is 16.3. The minimum absolute atomic E-state index is 0.0597. The van der Waals surface area contributed by atoms with Gasteiger partial charge in [-0.3, -0.25) is 4.79 Å². The van der Waals surface area contributed by atoms with E-state index in [9.17, 15) is 14.0 Å². The van der Waals surface area contributed by atoms with Crippen LogP contribution in [0.4, 0.5) is 4.39 Å². The fourth-order valence-corrected chi connectivity index (χ4v) is 2.16. The molecule has 1 atom stereocenters. The van der Waals surface area contributed by atoms with Gasteiger partial charge in [-0.2, -0.15) is 4.98 Å². The molecule has 0 fully saturated rings. The van der Waals surface area contributed by atoms with Crippen LogP contribution < -0.4 is 5.32 Å². The summed E-state index contributed by atoms with van der Waals surface area (Å²) in [7, 11) is 0. The summed E-state index contributed by atoms with van der Waals surface area (Å²) in [4.78, 5) is 27.0. The Kier molecular flexibility index (Phi) is 4.99. The van der Waals surface area contributed by atoms with Gasteiger partial charge in [-0.05, 0) is 11.4 Å². The van der Waals surface area contributed by atoms with E-state index in [-0.39, 0.29) is 18.7 Å². The third kappa shape index (κ3) is 4.09. The zero-order valence-corrected chi connectivity index (χ0v) is 11.6. The lowest BCUT2D eigenvalue weighted by molar-refractivity contribution is -0.142. The van der Waals surface area contributed by atoms with Gasteiger partial charge in [-0.1, -0.05) is 11.2 Å². The molecule has 0 spiro atoms. The number of hydrogen-bond donors (Lipinski definition) is 2. The molecule has 0 aliphatic carbocycles. The first-order valence-electron chi connectivity index (χ1n) is 6.04. The molecule has 0 aromatic carbocycles. The predicted octanol–water partition coefficient (Wildman–Crippen LogP) is 1.27. The van der Waals surface area contributed by atoms with Gasteiger partial charge in [-0.15, -0.1) is 11.3 Å². The number of aryl methyl sites for hydroxylation is 1. The Bertz CT molecular complexity index is 614. The Morgan fingerprint density at radius 3 is 2.95 bits per heavy atom. The highest BCUT2D eigenvalue weighted by Gasteiger charge is 2.20. The molecule has 0 aliphatic rings. The summed E-state index contributed by atoms with van der Waals surface area (Å²) in [6, 6.07) is 2.17. The van der Waals surface area contributed by atoms with Gasteiger partial charge in [0.25, 0.3) is 0 Å². The van der Waals surface area contributed by atoms with E-state index in [1.165, 1.54) is 11.3 Å². The number of aromatic nitrogens is 2. The van der Waals surface area contributed by atoms with E-state index in [0.717, 1.165) is 4.88 Å². The van der Waals surface area contributed by atoms with Crippen LogP contribution in [-0.2, 0) is 16.0 Å². The van der Waals surface area contributed by atoms with Crippen molar-refractivity contribution in [2.75, 3.05) is 6.67 Å². The lowest BCUT2D eigenvalue weighted by atomic mass is 10.2. The minimum atomic E-state index is -1.53. The van der Waals surface area contributed by atoms with Crippen LogP contribution in [0.2, 0.25) is 0 Å². The van der Waals surface area contributed by atoms with Crippen molar-refractivity contribution in [2.45, 2.75) is 18.9 Å². The molecule has 21 heavy (non-hydrogen) atoms. The summed E-state index contributed by atoms with van der Waals surface area (Å²) in [6.07, 6.45) is 0.0959. The molecular weight excluding hydrogens is 301 g/mol. The van der Waals surface area contributed by atoms with Crippen LogP contribution in [0.3, 0.4) is 0 Å². The number of carboxylic acid groups (broad SMARTS) is 1. The van der Waals surface area contributed by atoms with Gasteiger partial charge in [0.15, 0.2) is 6.04 Å². The van der Waals surface area contributed by atoms with Crippen LogP contribution in [0.5, 0.6) is 0 Å². The van der Waals surface area contributed by atoms with E-state index in [0.29, 0.717) is 5.82 Å². The number of carbonyl (C=O) groups excluding carboxylic acids is 1. The zero-order valence-electron chi connectivity index (χ0n) is 10.8. The first-order valence-corrected chi connectivity index (χ1v) is 6.92. The second-order valence-electron chi connectivity index (χ2n) is 4.10. The molecule has 2 heterocycles. The van der Waals surface area contributed by atoms with E-state index < -0.39 is 24.6 Å². The number of carbonyl (C=O) groups is 2. The van der Waals surface area contributed by atoms with Crippen LogP contribution in [0, 0.1) is 0 Å². The Hall–Kier alpha value is -2.29. The molecule has 2 aromatic rings. The molecule has 9 heteroatoms. The normalized spacial score (nSPS) is 12.0. The molecule has 2 rings (SSSR count). The molecule has 0 bridgehead atoms. The van der Waals surface area contributed by atoms with Gasteiger partial charge < -0.3 is 14.9 Å². The number of carboxylic acids is 1. The van der Waals surface area contributed by atoms with Crippen LogP contribution in [0.25, 0.3) is 10.7 Å². The largest absolute Gasteiger partial charge is 0.480 e. The Labute approximate surface area is 122 Å². The number of alkyl halides is 1. The second-order valence-corrected chi connectivity index (χ2v) is 5.05. The van der Waals surface area contributed by atoms with Crippen molar-refractivity contribution in [3.05, 3.63) is 23.4 Å². The second kappa shape index (κ2) is 6.93. The summed E-state index contributed by atoms with van der Waals surface area (Å²) < 4.78 is 17.3. The first-order chi connectivity index (χ1) is 10.1. The fourth-order valence-electron chi connectivity index (χ4n) is 1.52. The van der Waals surface area contributed by atoms with Gasteiger partial charge in [0.1, 0.15) is 6.67 Å². The molecule has 1 unspecified atom stereocenters. The number of nitrogens with one attached hydrogen (secondary N) is 1. The number of aliphatic carboxylic acids is 1. The Balaban J connectivity index is 1.86. The number of rotatable bonds is 7. The van der Waals surface area contributed by atoms with Crippen molar-refractivity contribution in [3.63, 3.8) is 0 Å². The summed E-state index contributed by atoms with van der Waals surface area (Å²) in [5.41, 5.74) is 0. The molecule has 1 amide bonds. The number of halogens is 1. The maximum Gasteiger partial charge on any atom is 0.328 e. The van der Waals surface area contributed by atoms with Crippen molar-refractivity contribution in [1.29, 1.82) is 0 Å². The predicted molar refractivity (Wildman–Crippen MR) is 71.5 cm³/mol. The Morgan fingerprint density at radius 1 is 1.52 bits per heavy atom. The first kappa shape index (κ1) is 15.1. The lowest BCUT2D eigenvalue weighted by Gasteiger charge is -2.09. The summed E-state index contributed by atoms with van der Waals surface area (Å²) in [6.45, 7) is -1.16. The fraction of sp³-hybridized carbons (Fsp3) is 0.333. The third-order valence-corrected chi connectivity index (χ3v) is 3.43. The molecule has 0 saturated carbocycles. The lowest BCUT2D eigenvalue weighted by Crippen LogP contribution is -2.42. The van der Waals surface area contributed by atoms with Crippen LogP contribution in [0.1, 0.15) is 12.3 Å². The number of amides is 1. The van der Waals surface area contributed by atoms with Crippen LogP contribution in [0.15, 0.2) is 22.0 Å². The van der Waals surface area contributed by atoms with E-state index in [1.807, 2.05) is 17.5 Å². The maximum absolute atomic E-state index is 12.4. The minimum Gasteiger partial charge on any atom is -0.480 e. The van der Waals surface area contributed by atoms with Crippen LogP contribution in [-0.4, -0.2) is 39.8 Å². The molecule has 0 aliphatic heterocycles. The van der Waals surface area contributed by atoms with Gasteiger partial charge in [-0.25, -0.2) is 9.18 Å². The summed E-state index contributed by atoms with van der Waals surface area (Å²) >= 11 is 1.46. The van der Waals surface area contributed by atoms with E-state index in [2.05, 4.69) is 15.5 Å². The maximum atomic E-state index is 12.4. The number of nitrogens with zero attached hydrogens (tertiary/aromatic N) is 2. The Morgan fingerprint density at radius 2 is 2.33 bits per heavy atom. The van der Waals surface area contributed by atoms with Gasteiger partial charge in [0, 0.05) is 12.8 Å². The van der Waals surface area contributed by atoms with Gasteiger partial charge >= 0.3 is 5.97 Å².